The summed E-state index contributed by atoms with van der Waals surface area (Å²) in [6.07, 6.45) is 5.25. The van der Waals surface area contributed by atoms with Crippen LogP contribution in [0.5, 0.6) is 0 Å². The molecule has 0 aliphatic carbocycles. The molecule has 0 aliphatic heterocycles. The summed E-state index contributed by atoms with van der Waals surface area (Å²) < 4.78 is 0. The molecule has 0 radical (unpaired) electrons. The smallest absolute Gasteiger partial charge is 0.117 e. The number of hydrogen-bond acceptors (Lipinski definition) is 3. The second-order valence-corrected chi connectivity index (χ2v) is 3.65. The van der Waals surface area contributed by atoms with Crippen LogP contribution in [0.2, 0.25) is 5.02 Å². The van der Waals surface area contributed by atoms with Gasteiger partial charge in [-0.25, -0.2) is 5.43 Å². The number of rotatable bonds is 2. The van der Waals surface area contributed by atoms with Gasteiger partial charge in [-0.3, -0.25) is 5.84 Å². The van der Waals surface area contributed by atoms with Crippen LogP contribution in [0.3, 0.4) is 0 Å². The molecule has 4 heteroatoms. The normalized spacial score (nSPS) is 12.5. The van der Waals surface area contributed by atoms with Crippen molar-refractivity contribution in [3.8, 4) is 12.3 Å². The number of hydrazine groups is 1. The molecule has 1 unspecified atom stereocenters. The molecular weight excluding hydrogens is 192 g/mol. The first-order valence-electron chi connectivity index (χ1n) is 3.36. The molecule has 1 rings (SSSR count). The Morgan fingerprint density at radius 1 is 1.83 bits per heavy atom. The van der Waals surface area contributed by atoms with Gasteiger partial charge in [-0.1, -0.05) is 17.5 Å². The number of hydrogen-bond donors (Lipinski definition) is 2. The summed E-state index contributed by atoms with van der Waals surface area (Å²) in [4.78, 5) is 0.902. The summed E-state index contributed by atoms with van der Waals surface area (Å²) in [7, 11) is 0. The van der Waals surface area contributed by atoms with E-state index in [1.165, 1.54) is 11.3 Å². The van der Waals surface area contributed by atoms with Crippen molar-refractivity contribution in [3.05, 3.63) is 20.8 Å². The molecule has 64 valence electrons. The third-order valence-electron chi connectivity index (χ3n) is 1.52. The van der Waals surface area contributed by atoms with E-state index in [1.54, 1.807) is 0 Å². The highest BCUT2D eigenvalue weighted by molar-refractivity contribution is 7.10. The molecule has 1 aromatic rings. The lowest BCUT2D eigenvalue weighted by Gasteiger charge is -2.06. The lowest BCUT2D eigenvalue weighted by molar-refractivity contribution is 0.683. The number of aryl methyl sites for hydroxylation is 1. The molecule has 0 fully saturated rings. The van der Waals surface area contributed by atoms with Gasteiger partial charge in [0.25, 0.3) is 0 Å². The SMILES string of the molecule is C#CC(NN)c1scc(C)c1Cl. The first-order chi connectivity index (χ1) is 5.70. The van der Waals surface area contributed by atoms with Crippen molar-refractivity contribution in [1.29, 1.82) is 0 Å². The predicted octanol–water partition coefficient (Wildman–Crippen LogP) is 1.85. The van der Waals surface area contributed by atoms with Crippen LogP contribution in [0.4, 0.5) is 0 Å². The molecule has 0 spiro atoms. The Balaban J connectivity index is 3.03. The van der Waals surface area contributed by atoms with Crippen LogP contribution >= 0.6 is 22.9 Å². The standard InChI is InChI=1S/C8H9ClN2S/c1-3-6(11-10)8-7(9)5(2)4-12-8/h1,4,6,11H,10H2,2H3. The van der Waals surface area contributed by atoms with Crippen LogP contribution < -0.4 is 11.3 Å². The van der Waals surface area contributed by atoms with E-state index in [4.69, 9.17) is 23.9 Å². The van der Waals surface area contributed by atoms with Gasteiger partial charge in [-0.15, -0.1) is 17.8 Å². The van der Waals surface area contributed by atoms with Crippen molar-refractivity contribution in [1.82, 2.24) is 5.43 Å². The van der Waals surface area contributed by atoms with Gasteiger partial charge < -0.3 is 0 Å². The molecule has 0 aliphatic rings. The monoisotopic (exact) mass is 200 g/mol. The van der Waals surface area contributed by atoms with Gasteiger partial charge in [0, 0.05) is 0 Å². The van der Waals surface area contributed by atoms with Crippen LogP contribution in [0.15, 0.2) is 5.38 Å². The van der Waals surface area contributed by atoms with E-state index in [9.17, 15) is 0 Å². The molecule has 1 atom stereocenters. The van der Waals surface area contributed by atoms with Crippen molar-refractivity contribution in [2.75, 3.05) is 0 Å². The second-order valence-electron chi connectivity index (χ2n) is 2.36. The van der Waals surface area contributed by atoms with Crippen molar-refractivity contribution >= 4 is 22.9 Å². The maximum absolute atomic E-state index is 5.98. The predicted molar refractivity (Wildman–Crippen MR) is 53.0 cm³/mol. The summed E-state index contributed by atoms with van der Waals surface area (Å²) in [5, 5.41) is 2.67. The quantitative estimate of drug-likeness (QED) is 0.435. The van der Waals surface area contributed by atoms with Gasteiger partial charge >= 0.3 is 0 Å². The Bertz CT molecular complexity index is 313. The van der Waals surface area contributed by atoms with Gasteiger partial charge in [0.15, 0.2) is 0 Å². The highest BCUT2D eigenvalue weighted by Crippen LogP contribution is 2.31. The van der Waals surface area contributed by atoms with Crippen LogP contribution in [-0.2, 0) is 0 Å². The lowest BCUT2D eigenvalue weighted by atomic mass is 10.2. The molecule has 2 nitrogen and oxygen atoms in total. The Labute approximate surface area is 80.7 Å². The summed E-state index contributed by atoms with van der Waals surface area (Å²) in [5.41, 5.74) is 3.55. The van der Waals surface area contributed by atoms with Gasteiger partial charge in [0.05, 0.1) is 9.90 Å². The van der Waals surface area contributed by atoms with Gasteiger partial charge in [0.2, 0.25) is 0 Å². The highest BCUT2D eigenvalue weighted by Gasteiger charge is 2.13. The Morgan fingerprint density at radius 3 is 2.83 bits per heavy atom. The van der Waals surface area contributed by atoms with Gasteiger partial charge in [0.1, 0.15) is 6.04 Å². The van der Waals surface area contributed by atoms with Gasteiger partial charge in [-0.05, 0) is 17.9 Å². The number of nitrogens with two attached hydrogens (primary N) is 1. The molecule has 0 bridgehead atoms. The molecule has 1 heterocycles. The Hall–Kier alpha value is -0.530. The summed E-state index contributed by atoms with van der Waals surface area (Å²) in [6, 6.07) is -0.281. The topological polar surface area (TPSA) is 38.0 Å². The minimum absolute atomic E-state index is 0.281. The number of thiophene rings is 1. The van der Waals surface area contributed by atoms with Crippen LogP contribution in [0, 0.1) is 19.3 Å². The largest absolute Gasteiger partial charge is 0.270 e. The number of terminal acetylenes is 1. The van der Waals surface area contributed by atoms with E-state index in [0.29, 0.717) is 5.02 Å². The van der Waals surface area contributed by atoms with Crippen molar-refractivity contribution in [2.24, 2.45) is 5.84 Å². The molecule has 3 N–H and O–H groups in total. The van der Waals surface area contributed by atoms with Crippen LogP contribution in [-0.4, -0.2) is 0 Å². The molecule has 0 saturated carbocycles. The third-order valence-corrected chi connectivity index (χ3v) is 3.30. The fourth-order valence-corrected chi connectivity index (χ4v) is 2.16. The van der Waals surface area contributed by atoms with E-state index in [1.807, 2.05) is 12.3 Å². The Kier molecular flexibility index (Phi) is 3.12. The minimum Gasteiger partial charge on any atom is -0.270 e. The van der Waals surface area contributed by atoms with E-state index in [2.05, 4.69) is 11.3 Å². The number of nitrogens with one attached hydrogen (secondary N) is 1. The van der Waals surface area contributed by atoms with Gasteiger partial charge in [-0.2, -0.15) is 0 Å². The highest BCUT2D eigenvalue weighted by atomic mass is 35.5. The molecule has 0 saturated heterocycles. The summed E-state index contributed by atoms with van der Waals surface area (Å²) in [5.74, 6) is 7.76. The second kappa shape index (κ2) is 3.92. The molecule has 0 aromatic carbocycles. The average molecular weight is 201 g/mol. The first-order valence-corrected chi connectivity index (χ1v) is 4.62. The molecular formula is C8H9ClN2S. The average Bonchev–Trinajstić information content (AvgIpc) is 2.38. The Morgan fingerprint density at radius 2 is 2.50 bits per heavy atom. The van der Waals surface area contributed by atoms with E-state index in [0.717, 1.165) is 10.4 Å². The fourth-order valence-electron chi connectivity index (χ4n) is 0.844. The third kappa shape index (κ3) is 1.62. The minimum atomic E-state index is -0.281. The zero-order valence-corrected chi connectivity index (χ0v) is 8.17. The van der Waals surface area contributed by atoms with E-state index >= 15 is 0 Å². The molecule has 12 heavy (non-hydrogen) atoms. The van der Waals surface area contributed by atoms with Crippen molar-refractivity contribution in [3.63, 3.8) is 0 Å². The van der Waals surface area contributed by atoms with Crippen LogP contribution in [0.1, 0.15) is 16.5 Å². The fraction of sp³-hybridized carbons (Fsp3) is 0.250. The van der Waals surface area contributed by atoms with Crippen molar-refractivity contribution in [2.45, 2.75) is 13.0 Å². The van der Waals surface area contributed by atoms with Crippen LogP contribution in [0.25, 0.3) is 0 Å². The number of halogens is 1. The van der Waals surface area contributed by atoms with E-state index < -0.39 is 0 Å². The maximum atomic E-state index is 5.98. The zero-order valence-electron chi connectivity index (χ0n) is 6.60. The maximum Gasteiger partial charge on any atom is 0.117 e. The van der Waals surface area contributed by atoms with Crippen molar-refractivity contribution < 1.29 is 0 Å². The summed E-state index contributed by atoms with van der Waals surface area (Å²) in [6.45, 7) is 1.94. The molecule has 0 amide bonds. The molecule has 1 aromatic heterocycles. The lowest BCUT2D eigenvalue weighted by Crippen LogP contribution is -2.26. The zero-order chi connectivity index (χ0) is 9.14. The first kappa shape index (κ1) is 9.56. The summed E-state index contributed by atoms with van der Waals surface area (Å²) >= 11 is 7.50. The van der Waals surface area contributed by atoms with E-state index in [-0.39, 0.29) is 6.04 Å².